The second-order valence-corrected chi connectivity index (χ2v) is 6.65. The number of carbonyl (C=O) groups excluding carboxylic acids is 1. The molecule has 0 aliphatic heterocycles. The third kappa shape index (κ3) is 4.03. The van der Waals surface area contributed by atoms with Crippen LogP contribution in [-0.2, 0) is 12.7 Å². The molecule has 0 unspecified atom stereocenters. The number of hydrogen-bond acceptors (Lipinski definition) is 2. The van der Waals surface area contributed by atoms with Crippen LogP contribution in [-0.4, -0.2) is 15.9 Å². The molecule has 1 heterocycles. The van der Waals surface area contributed by atoms with E-state index < -0.39 is 23.5 Å². The van der Waals surface area contributed by atoms with Crippen molar-refractivity contribution in [2.24, 2.45) is 0 Å². The molecule has 0 atom stereocenters. The third-order valence-electron chi connectivity index (χ3n) is 4.58. The van der Waals surface area contributed by atoms with E-state index in [2.05, 4.69) is 15.3 Å². The Hall–Kier alpha value is -3.68. The lowest BCUT2D eigenvalue weighted by Crippen LogP contribution is -2.24. The van der Waals surface area contributed by atoms with E-state index in [1.165, 1.54) is 18.2 Å². The zero-order chi connectivity index (χ0) is 21.3. The molecule has 152 valence electrons. The number of halogens is 4. The lowest BCUT2D eigenvalue weighted by molar-refractivity contribution is -0.137. The Balaban J connectivity index is 1.62. The number of imidazole rings is 1. The van der Waals surface area contributed by atoms with Crippen molar-refractivity contribution >= 4 is 16.9 Å². The molecule has 0 spiro atoms. The van der Waals surface area contributed by atoms with Crippen LogP contribution in [0.25, 0.3) is 22.2 Å². The summed E-state index contributed by atoms with van der Waals surface area (Å²) >= 11 is 0. The van der Waals surface area contributed by atoms with Crippen LogP contribution in [0, 0.1) is 5.82 Å². The van der Waals surface area contributed by atoms with Crippen molar-refractivity contribution in [2.45, 2.75) is 12.7 Å². The number of fused-ring (bicyclic) bond motifs is 1. The molecule has 8 heteroatoms. The summed E-state index contributed by atoms with van der Waals surface area (Å²) in [5.74, 6) is -0.788. The highest BCUT2D eigenvalue weighted by atomic mass is 19.4. The smallest absolute Gasteiger partial charge is 0.345 e. The van der Waals surface area contributed by atoms with Gasteiger partial charge in [-0.15, -0.1) is 0 Å². The monoisotopic (exact) mass is 413 g/mol. The number of nitrogens with one attached hydrogen (secondary N) is 2. The second-order valence-electron chi connectivity index (χ2n) is 6.65. The Kier molecular flexibility index (Phi) is 4.99. The van der Waals surface area contributed by atoms with E-state index in [0.29, 0.717) is 5.82 Å². The van der Waals surface area contributed by atoms with E-state index in [1.54, 1.807) is 0 Å². The van der Waals surface area contributed by atoms with Crippen LogP contribution in [0.2, 0.25) is 0 Å². The topological polar surface area (TPSA) is 57.8 Å². The Morgan fingerprint density at radius 2 is 1.80 bits per heavy atom. The number of para-hydroxylation sites is 2. The van der Waals surface area contributed by atoms with Crippen molar-refractivity contribution in [3.8, 4) is 11.1 Å². The standard InChI is InChI=1S/C22H15F4N3O/c23-15-8-9-16(13-4-3-5-14(10-13)22(24,25)26)17(11-15)21(30)27-12-20-28-18-6-1-2-7-19(18)29-20/h1-11H,12H2,(H,27,30)(H,28,29). The Morgan fingerprint density at radius 3 is 2.57 bits per heavy atom. The van der Waals surface area contributed by atoms with Gasteiger partial charge in [-0.1, -0.05) is 30.3 Å². The van der Waals surface area contributed by atoms with E-state index in [0.717, 1.165) is 35.3 Å². The van der Waals surface area contributed by atoms with Gasteiger partial charge in [-0.05, 0) is 47.5 Å². The van der Waals surface area contributed by atoms with Crippen LogP contribution in [0.5, 0.6) is 0 Å². The van der Waals surface area contributed by atoms with Crippen LogP contribution in [0.1, 0.15) is 21.7 Å². The number of carbonyl (C=O) groups is 1. The third-order valence-corrected chi connectivity index (χ3v) is 4.58. The fourth-order valence-corrected chi connectivity index (χ4v) is 3.17. The molecule has 1 aromatic heterocycles. The van der Waals surface area contributed by atoms with Crippen LogP contribution >= 0.6 is 0 Å². The minimum absolute atomic E-state index is 0.0477. The van der Waals surface area contributed by atoms with Crippen LogP contribution < -0.4 is 5.32 Å². The molecule has 0 saturated carbocycles. The average molecular weight is 413 g/mol. The maximum atomic E-state index is 13.8. The Bertz CT molecular complexity index is 1200. The summed E-state index contributed by atoms with van der Waals surface area (Å²) in [6.07, 6.45) is -4.53. The van der Waals surface area contributed by atoms with Crippen molar-refractivity contribution < 1.29 is 22.4 Å². The molecule has 4 rings (SSSR count). The van der Waals surface area contributed by atoms with Gasteiger partial charge in [0, 0.05) is 0 Å². The zero-order valence-corrected chi connectivity index (χ0v) is 15.4. The van der Waals surface area contributed by atoms with Gasteiger partial charge in [-0.25, -0.2) is 9.37 Å². The maximum Gasteiger partial charge on any atom is 0.416 e. The Morgan fingerprint density at radius 1 is 1.00 bits per heavy atom. The van der Waals surface area contributed by atoms with Gasteiger partial charge in [0.1, 0.15) is 11.6 Å². The highest BCUT2D eigenvalue weighted by molar-refractivity contribution is 6.01. The van der Waals surface area contributed by atoms with E-state index in [4.69, 9.17) is 0 Å². The number of nitrogens with zero attached hydrogens (tertiary/aromatic N) is 1. The minimum Gasteiger partial charge on any atom is -0.345 e. The average Bonchev–Trinajstić information content (AvgIpc) is 3.14. The fraction of sp³-hybridized carbons (Fsp3) is 0.0909. The lowest BCUT2D eigenvalue weighted by atomic mass is 9.97. The molecule has 0 saturated heterocycles. The predicted octanol–water partition coefficient (Wildman–Crippen LogP) is 5.32. The number of aromatic amines is 1. The number of benzene rings is 3. The first-order valence-electron chi connectivity index (χ1n) is 9.00. The van der Waals surface area contributed by atoms with Crippen molar-refractivity contribution in [1.82, 2.24) is 15.3 Å². The molecule has 30 heavy (non-hydrogen) atoms. The minimum atomic E-state index is -4.53. The first-order chi connectivity index (χ1) is 14.3. The predicted molar refractivity (Wildman–Crippen MR) is 104 cm³/mol. The van der Waals surface area contributed by atoms with Gasteiger partial charge in [-0.3, -0.25) is 4.79 Å². The van der Waals surface area contributed by atoms with Crippen LogP contribution in [0.3, 0.4) is 0 Å². The van der Waals surface area contributed by atoms with E-state index in [1.807, 2.05) is 24.3 Å². The summed E-state index contributed by atoms with van der Waals surface area (Å²) in [7, 11) is 0. The number of amides is 1. The van der Waals surface area contributed by atoms with Gasteiger partial charge in [0.25, 0.3) is 5.91 Å². The molecule has 2 N–H and O–H groups in total. The summed E-state index contributed by atoms with van der Waals surface area (Å²) in [5, 5.41) is 2.64. The molecule has 4 nitrogen and oxygen atoms in total. The van der Waals surface area contributed by atoms with E-state index in [9.17, 15) is 22.4 Å². The molecular formula is C22H15F4N3O. The van der Waals surface area contributed by atoms with Gasteiger partial charge in [0.05, 0.1) is 28.7 Å². The first-order valence-corrected chi connectivity index (χ1v) is 9.00. The molecule has 0 radical (unpaired) electrons. The first kappa shape index (κ1) is 19.6. The molecule has 3 aromatic carbocycles. The number of hydrogen-bond donors (Lipinski definition) is 2. The summed E-state index contributed by atoms with van der Waals surface area (Å²) in [6.45, 7) is 0.0477. The van der Waals surface area contributed by atoms with Gasteiger partial charge >= 0.3 is 6.18 Å². The fourth-order valence-electron chi connectivity index (χ4n) is 3.17. The largest absolute Gasteiger partial charge is 0.416 e. The summed E-state index contributed by atoms with van der Waals surface area (Å²) in [5.41, 5.74) is 0.987. The number of H-pyrrole nitrogens is 1. The molecule has 4 aromatic rings. The SMILES string of the molecule is O=C(NCc1nc2ccccc2[nH]1)c1cc(F)ccc1-c1cccc(C(F)(F)F)c1. The van der Waals surface area contributed by atoms with E-state index >= 15 is 0 Å². The molecular weight excluding hydrogens is 398 g/mol. The Labute approximate surface area is 168 Å². The highest BCUT2D eigenvalue weighted by Crippen LogP contribution is 2.33. The van der Waals surface area contributed by atoms with Crippen LogP contribution in [0.15, 0.2) is 66.7 Å². The molecule has 0 aliphatic rings. The molecule has 0 fully saturated rings. The van der Waals surface area contributed by atoms with Crippen LogP contribution in [0.4, 0.5) is 17.6 Å². The number of rotatable bonds is 4. The van der Waals surface area contributed by atoms with Crippen molar-refractivity contribution in [1.29, 1.82) is 0 Å². The summed E-state index contributed by atoms with van der Waals surface area (Å²) in [6, 6.07) is 15.3. The van der Waals surface area contributed by atoms with Crippen molar-refractivity contribution in [3.05, 3.63) is 89.5 Å². The maximum absolute atomic E-state index is 13.8. The summed E-state index contributed by atoms with van der Waals surface area (Å²) in [4.78, 5) is 20.1. The van der Waals surface area contributed by atoms with Crippen molar-refractivity contribution in [3.63, 3.8) is 0 Å². The van der Waals surface area contributed by atoms with Gasteiger partial charge < -0.3 is 10.3 Å². The number of alkyl halides is 3. The van der Waals surface area contributed by atoms with Gasteiger partial charge in [0.2, 0.25) is 0 Å². The quantitative estimate of drug-likeness (QED) is 0.445. The second kappa shape index (κ2) is 7.62. The highest BCUT2D eigenvalue weighted by Gasteiger charge is 2.30. The van der Waals surface area contributed by atoms with Crippen molar-refractivity contribution in [2.75, 3.05) is 0 Å². The molecule has 0 bridgehead atoms. The van der Waals surface area contributed by atoms with Gasteiger partial charge in [0.15, 0.2) is 0 Å². The zero-order valence-electron chi connectivity index (χ0n) is 15.4. The number of aromatic nitrogens is 2. The normalized spacial score (nSPS) is 11.6. The van der Waals surface area contributed by atoms with Gasteiger partial charge in [-0.2, -0.15) is 13.2 Å². The van der Waals surface area contributed by atoms with E-state index in [-0.39, 0.29) is 23.2 Å². The lowest BCUT2D eigenvalue weighted by Gasteiger charge is -2.12. The molecule has 0 aliphatic carbocycles. The summed E-state index contributed by atoms with van der Waals surface area (Å²) < 4.78 is 53.0. The molecule has 1 amide bonds.